The molecule has 1 aliphatic rings. The molecule has 0 spiro atoms. The molecular formula is C21H17N3O2. The summed E-state index contributed by atoms with van der Waals surface area (Å²) in [5.41, 5.74) is 4.01. The van der Waals surface area contributed by atoms with Gasteiger partial charge in [-0.3, -0.25) is 0 Å². The Kier molecular flexibility index (Phi) is 3.38. The van der Waals surface area contributed by atoms with Crippen molar-refractivity contribution in [2.24, 2.45) is 4.99 Å². The normalized spacial score (nSPS) is 16.3. The minimum Gasteiger partial charge on any atom is -0.467 e. The zero-order valence-corrected chi connectivity index (χ0v) is 14.3. The van der Waals surface area contributed by atoms with Crippen molar-refractivity contribution in [3.05, 3.63) is 84.3 Å². The average molecular weight is 343 g/mol. The van der Waals surface area contributed by atoms with Gasteiger partial charge in [0.15, 0.2) is 5.82 Å². The number of fused-ring (bicyclic) bond motifs is 1. The zero-order valence-electron chi connectivity index (χ0n) is 14.3. The van der Waals surface area contributed by atoms with Crippen molar-refractivity contribution in [2.75, 3.05) is 0 Å². The molecule has 4 heterocycles. The molecule has 0 saturated heterocycles. The topological polar surface area (TPSA) is 56.5 Å². The highest BCUT2D eigenvalue weighted by molar-refractivity contribution is 6.02. The Labute approximate surface area is 150 Å². The van der Waals surface area contributed by atoms with Crippen molar-refractivity contribution in [1.29, 1.82) is 0 Å². The molecule has 0 bridgehead atoms. The van der Waals surface area contributed by atoms with Crippen LogP contribution in [0, 0.1) is 6.92 Å². The molecule has 0 aliphatic carbocycles. The number of nitrogens with zero attached hydrogens (tertiary/aromatic N) is 3. The third kappa shape index (κ3) is 2.32. The molecule has 5 heteroatoms. The summed E-state index contributed by atoms with van der Waals surface area (Å²) < 4.78 is 13.3. The Balaban J connectivity index is 1.74. The van der Waals surface area contributed by atoms with Crippen LogP contribution in [-0.4, -0.2) is 15.5 Å². The van der Waals surface area contributed by atoms with E-state index in [0.717, 1.165) is 39.9 Å². The van der Waals surface area contributed by atoms with E-state index in [4.69, 9.17) is 18.9 Å². The van der Waals surface area contributed by atoms with Gasteiger partial charge in [-0.15, -0.1) is 0 Å². The Morgan fingerprint density at radius 2 is 1.77 bits per heavy atom. The molecule has 0 fully saturated rings. The van der Waals surface area contributed by atoms with Crippen LogP contribution in [0.3, 0.4) is 0 Å². The molecule has 0 amide bonds. The SMILES string of the molecule is Cc1nn2c(c1-c1ccccc1)N=C(c1ccco1)C[C@H]2c1ccco1. The van der Waals surface area contributed by atoms with Gasteiger partial charge in [0.25, 0.3) is 0 Å². The molecule has 5 nitrogen and oxygen atoms in total. The van der Waals surface area contributed by atoms with E-state index < -0.39 is 0 Å². The number of aryl methyl sites for hydroxylation is 1. The second-order valence-corrected chi connectivity index (χ2v) is 6.37. The van der Waals surface area contributed by atoms with Gasteiger partial charge in [-0.2, -0.15) is 5.10 Å². The number of aromatic nitrogens is 2. The summed E-state index contributed by atoms with van der Waals surface area (Å²) in [5, 5.41) is 4.80. The fraction of sp³-hybridized carbons (Fsp3) is 0.143. The van der Waals surface area contributed by atoms with Crippen LogP contribution in [-0.2, 0) is 0 Å². The van der Waals surface area contributed by atoms with Gasteiger partial charge in [-0.1, -0.05) is 30.3 Å². The third-order valence-electron chi connectivity index (χ3n) is 4.72. The van der Waals surface area contributed by atoms with Gasteiger partial charge in [0.1, 0.15) is 17.6 Å². The summed E-state index contributed by atoms with van der Waals surface area (Å²) in [6.45, 7) is 2.02. The summed E-state index contributed by atoms with van der Waals surface area (Å²) in [6, 6.07) is 17.9. The molecule has 1 aromatic carbocycles. The lowest BCUT2D eigenvalue weighted by molar-refractivity contribution is 0.407. The fourth-order valence-electron chi connectivity index (χ4n) is 3.55. The number of benzene rings is 1. The smallest absolute Gasteiger partial charge is 0.159 e. The monoisotopic (exact) mass is 343 g/mol. The largest absolute Gasteiger partial charge is 0.467 e. The molecule has 5 rings (SSSR count). The van der Waals surface area contributed by atoms with Crippen LogP contribution in [0.2, 0.25) is 0 Å². The van der Waals surface area contributed by atoms with E-state index in [-0.39, 0.29) is 6.04 Å². The van der Waals surface area contributed by atoms with Crippen LogP contribution in [0.4, 0.5) is 5.82 Å². The third-order valence-corrected chi connectivity index (χ3v) is 4.72. The lowest BCUT2D eigenvalue weighted by Crippen LogP contribution is -2.20. The number of hydrogen-bond acceptors (Lipinski definition) is 4. The lowest BCUT2D eigenvalue weighted by Gasteiger charge is -2.22. The highest BCUT2D eigenvalue weighted by Crippen LogP contribution is 2.41. The van der Waals surface area contributed by atoms with Crippen molar-refractivity contribution in [2.45, 2.75) is 19.4 Å². The van der Waals surface area contributed by atoms with Gasteiger partial charge in [-0.05, 0) is 36.8 Å². The quantitative estimate of drug-likeness (QED) is 0.516. The van der Waals surface area contributed by atoms with Crippen molar-refractivity contribution in [3.63, 3.8) is 0 Å². The molecule has 3 aromatic heterocycles. The summed E-state index contributed by atoms with van der Waals surface area (Å²) in [6.07, 6.45) is 4.04. The molecule has 128 valence electrons. The van der Waals surface area contributed by atoms with Crippen LogP contribution in [0.25, 0.3) is 11.1 Å². The molecule has 1 atom stereocenters. The molecular weight excluding hydrogens is 326 g/mol. The van der Waals surface area contributed by atoms with E-state index in [2.05, 4.69) is 12.1 Å². The van der Waals surface area contributed by atoms with Crippen LogP contribution in [0.15, 0.2) is 81.0 Å². The average Bonchev–Trinajstić information content (AvgIpc) is 3.42. The lowest BCUT2D eigenvalue weighted by atomic mass is 10.0. The molecule has 0 saturated carbocycles. The van der Waals surface area contributed by atoms with Gasteiger partial charge in [0, 0.05) is 12.0 Å². The maximum absolute atomic E-state index is 5.70. The van der Waals surface area contributed by atoms with Crippen LogP contribution in [0.5, 0.6) is 0 Å². The zero-order chi connectivity index (χ0) is 17.5. The first-order chi connectivity index (χ1) is 12.8. The predicted molar refractivity (Wildman–Crippen MR) is 98.8 cm³/mol. The van der Waals surface area contributed by atoms with Crippen LogP contribution in [0.1, 0.15) is 29.7 Å². The molecule has 4 aromatic rings. The van der Waals surface area contributed by atoms with E-state index in [1.807, 2.05) is 54.1 Å². The molecule has 0 radical (unpaired) electrons. The minimum atomic E-state index is -0.0474. The van der Waals surface area contributed by atoms with Gasteiger partial charge in [0.2, 0.25) is 0 Å². The van der Waals surface area contributed by atoms with Crippen molar-refractivity contribution < 1.29 is 8.83 Å². The molecule has 26 heavy (non-hydrogen) atoms. The standard InChI is InChI=1S/C21H17N3O2/c1-14-20(15-7-3-2-4-8-15)21-22-16(18-9-5-11-25-18)13-17(24(21)23-14)19-10-6-12-26-19/h2-12,17H,13H2,1H3/t17-/m0/s1. The number of hydrogen-bond donors (Lipinski definition) is 0. The van der Waals surface area contributed by atoms with Crippen molar-refractivity contribution >= 4 is 11.5 Å². The highest BCUT2D eigenvalue weighted by Gasteiger charge is 2.31. The van der Waals surface area contributed by atoms with Crippen molar-refractivity contribution in [1.82, 2.24) is 9.78 Å². The van der Waals surface area contributed by atoms with Gasteiger partial charge in [-0.25, -0.2) is 9.67 Å². The molecule has 0 N–H and O–H groups in total. The maximum Gasteiger partial charge on any atom is 0.159 e. The Morgan fingerprint density at radius 3 is 2.50 bits per heavy atom. The highest BCUT2D eigenvalue weighted by atomic mass is 16.3. The van der Waals surface area contributed by atoms with E-state index in [9.17, 15) is 0 Å². The molecule has 0 unspecified atom stereocenters. The number of rotatable bonds is 3. The fourth-order valence-corrected chi connectivity index (χ4v) is 3.55. The summed E-state index contributed by atoms with van der Waals surface area (Å²) in [5.74, 6) is 2.49. The predicted octanol–water partition coefficient (Wildman–Crippen LogP) is 5.16. The first-order valence-electron chi connectivity index (χ1n) is 8.60. The first kappa shape index (κ1) is 15.0. The summed E-state index contributed by atoms with van der Waals surface area (Å²) in [4.78, 5) is 4.93. The summed E-state index contributed by atoms with van der Waals surface area (Å²) in [7, 11) is 0. The number of furan rings is 2. The van der Waals surface area contributed by atoms with Gasteiger partial charge >= 0.3 is 0 Å². The van der Waals surface area contributed by atoms with Crippen molar-refractivity contribution in [3.8, 4) is 11.1 Å². The molecule has 1 aliphatic heterocycles. The van der Waals surface area contributed by atoms with Gasteiger partial charge < -0.3 is 8.83 Å². The Bertz CT molecular complexity index is 1060. The van der Waals surface area contributed by atoms with E-state index >= 15 is 0 Å². The summed E-state index contributed by atoms with van der Waals surface area (Å²) >= 11 is 0. The van der Waals surface area contributed by atoms with E-state index in [0.29, 0.717) is 6.42 Å². The van der Waals surface area contributed by atoms with Crippen LogP contribution >= 0.6 is 0 Å². The van der Waals surface area contributed by atoms with E-state index in [1.165, 1.54) is 0 Å². The Morgan fingerprint density at radius 1 is 0.962 bits per heavy atom. The maximum atomic E-state index is 5.70. The van der Waals surface area contributed by atoms with E-state index in [1.54, 1.807) is 12.5 Å². The second-order valence-electron chi connectivity index (χ2n) is 6.37. The number of aliphatic imine (C=N–C) groups is 1. The Hall–Kier alpha value is -3.34. The van der Waals surface area contributed by atoms with Crippen LogP contribution < -0.4 is 0 Å². The second kappa shape index (κ2) is 5.88. The minimum absolute atomic E-state index is 0.0474. The van der Waals surface area contributed by atoms with Gasteiger partial charge in [0.05, 0.1) is 23.9 Å². The first-order valence-corrected chi connectivity index (χ1v) is 8.60.